The molecule has 0 spiro atoms. The second kappa shape index (κ2) is 5.71. The standard InChI is InChI=1S/C13H13BrN2O2S/c1-2-10-7-8-15-13(9-10)16-19(17,18)12-6-4-3-5-11(12)14/h3-9H,2H2,1H3,(H,15,16). The van der Waals surface area contributed by atoms with Crippen molar-refractivity contribution in [2.45, 2.75) is 18.2 Å². The van der Waals surface area contributed by atoms with Crippen molar-refractivity contribution in [3.8, 4) is 0 Å². The van der Waals surface area contributed by atoms with E-state index in [2.05, 4.69) is 25.6 Å². The van der Waals surface area contributed by atoms with Gasteiger partial charge in [0.25, 0.3) is 10.0 Å². The molecule has 0 bridgehead atoms. The number of aromatic nitrogens is 1. The van der Waals surface area contributed by atoms with Crippen molar-refractivity contribution < 1.29 is 8.42 Å². The Hall–Kier alpha value is -1.40. The predicted octanol–water partition coefficient (Wildman–Crippen LogP) is 3.21. The zero-order valence-electron chi connectivity index (χ0n) is 10.3. The van der Waals surface area contributed by atoms with Crippen LogP contribution in [-0.2, 0) is 16.4 Å². The van der Waals surface area contributed by atoms with Crippen LogP contribution in [0.4, 0.5) is 5.82 Å². The Labute approximate surface area is 121 Å². The van der Waals surface area contributed by atoms with Gasteiger partial charge in [0, 0.05) is 10.7 Å². The molecule has 1 heterocycles. The topological polar surface area (TPSA) is 59.1 Å². The summed E-state index contributed by atoms with van der Waals surface area (Å²) in [4.78, 5) is 4.22. The third-order valence-corrected chi connectivity index (χ3v) is 4.96. The smallest absolute Gasteiger partial charge is 0.263 e. The lowest BCUT2D eigenvalue weighted by molar-refractivity contribution is 0.600. The lowest BCUT2D eigenvalue weighted by Crippen LogP contribution is -2.14. The first kappa shape index (κ1) is 14.0. The second-order valence-electron chi connectivity index (χ2n) is 3.94. The highest BCUT2D eigenvalue weighted by Crippen LogP contribution is 2.23. The molecule has 6 heteroatoms. The van der Waals surface area contributed by atoms with Gasteiger partial charge in [0.1, 0.15) is 10.7 Å². The highest BCUT2D eigenvalue weighted by molar-refractivity contribution is 9.10. The monoisotopic (exact) mass is 340 g/mol. The fourth-order valence-corrected chi connectivity index (χ4v) is 3.61. The summed E-state index contributed by atoms with van der Waals surface area (Å²) in [5.74, 6) is 0.329. The Morgan fingerprint density at radius 2 is 2.00 bits per heavy atom. The summed E-state index contributed by atoms with van der Waals surface area (Å²) in [7, 11) is -3.63. The molecule has 4 nitrogen and oxygen atoms in total. The molecule has 0 amide bonds. The van der Waals surface area contributed by atoms with Crippen LogP contribution in [0.15, 0.2) is 52.0 Å². The first-order valence-electron chi connectivity index (χ1n) is 5.75. The number of hydrogen-bond donors (Lipinski definition) is 1. The van der Waals surface area contributed by atoms with Crippen LogP contribution >= 0.6 is 15.9 Å². The van der Waals surface area contributed by atoms with E-state index in [1.54, 1.807) is 30.5 Å². The maximum Gasteiger partial charge on any atom is 0.264 e. The normalized spacial score (nSPS) is 11.3. The number of nitrogens with one attached hydrogen (secondary N) is 1. The summed E-state index contributed by atoms with van der Waals surface area (Å²) in [6.45, 7) is 2.00. The maximum absolute atomic E-state index is 12.2. The van der Waals surface area contributed by atoms with Gasteiger partial charge in [0.15, 0.2) is 0 Å². The number of benzene rings is 1. The first-order chi connectivity index (χ1) is 9.03. The molecule has 0 aliphatic heterocycles. The summed E-state index contributed by atoms with van der Waals surface area (Å²) < 4.78 is 27.5. The van der Waals surface area contributed by atoms with E-state index in [0.29, 0.717) is 10.3 Å². The van der Waals surface area contributed by atoms with Crippen molar-refractivity contribution >= 4 is 31.8 Å². The molecule has 0 atom stereocenters. The van der Waals surface area contributed by atoms with E-state index in [1.165, 1.54) is 6.07 Å². The summed E-state index contributed by atoms with van der Waals surface area (Å²) in [5.41, 5.74) is 1.03. The maximum atomic E-state index is 12.2. The average Bonchev–Trinajstić information content (AvgIpc) is 2.38. The van der Waals surface area contributed by atoms with Gasteiger partial charge in [-0.15, -0.1) is 0 Å². The number of anilines is 1. The van der Waals surface area contributed by atoms with Crippen LogP contribution in [0.5, 0.6) is 0 Å². The molecule has 0 aliphatic carbocycles. The number of halogens is 1. The summed E-state index contributed by atoms with van der Waals surface area (Å²) in [6, 6.07) is 10.2. The molecule has 0 fully saturated rings. The van der Waals surface area contributed by atoms with Gasteiger partial charge < -0.3 is 0 Å². The molecule has 0 saturated heterocycles. The Balaban J connectivity index is 2.34. The Bertz CT molecular complexity index is 687. The zero-order chi connectivity index (χ0) is 13.9. The van der Waals surface area contributed by atoms with E-state index < -0.39 is 10.0 Å². The number of rotatable bonds is 4. The minimum absolute atomic E-state index is 0.193. The molecule has 1 N–H and O–H groups in total. The van der Waals surface area contributed by atoms with Crippen LogP contribution in [0.1, 0.15) is 12.5 Å². The molecule has 19 heavy (non-hydrogen) atoms. The van der Waals surface area contributed by atoms with Gasteiger partial charge >= 0.3 is 0 Å². The molecule has 0 aliphatic rings. The fourth-order valence-electron chi connectivity index (χ4n) is 1.61. The molecule has 1 aromatic carbocycles. The Kier molecular flexibility index (Phi) is 4.21. The van der Waals surface area contributed by atoms with Gasteiger partial charge in [0.2, 0.25) is 0 Å². The van der Waals surface area contributed by atoms with Gasteiger partial charge in [-0.3, -0.25) is 4.72 Å². The van der Waals surface area contributed by atoms with E-state index in [0.717, 1.165) is 12.0 Å². The van der Waals surface area contributed by atoms with Crippen LogP contribution in [0.3, 0.4) is 0 Å². The molecule has 1 aromatic heterocycles. The van der Waals surface area contributed by atoms with Crippen LogP contribution in [0, 0.1) is 0 Å². The highest BCUT2D eigenvalue weighted by Gasteiger charge is 2.17. The van der Waals surface area contributed by atoms with Crippen LogP contribution < -0.4 is 4.72 Å². The number of sulfonamides is 1. The fraction of sp³-hybridized carbons (Fsp3) is 0.154. The minimum Gasteiger partial charge on any atom is -0.263 e. The predicted molar refractivity (Wildman–Crippen MR) is 78.6 cm³/mol. The van der Waals surface area contributed by atoms with Gasteiger partial charge in [-0.1, -0.05) is 19.1 Å². The lowest BCUT2D eigenvalue weighted by atomic mass is 10.2. The van der Waals surface area contributed by atoms with Crippen molar-refractivity contribution in [2.24, 2.45) is 0 Å². The molecule has 0 radical (unpaired) electrons. The molecule has 0 saturated carbocycles. The Morgan fingerprint density at radius 3 is 2.68 bits per heavy atom. The molecule has 2 aromatic rings. The van der Waals surface area contributed by atoms with E-state index in [4.69, 9.17) is 0 Å². The van der Waals surface area contributed by atoms with E-state index in [9.17, 15) is 8.42 Å². The summed E-state index contributed by atoms with van der Waals surface area (Å²) in [5, 5.41) is 0. The molecule has 0 unspecified atom stereocenters. The third-order valence-electron chi connectivity index (χ3n) is 2.60. The number of nitrogens with zero attached hydrogens (tertiary/aromatic N) is 1. The quantitative estimate of drug-likeness (QED) is 0.929. The van der Waals surface area contributed by atoms with Gasteiger partial charge in [-0.05, 0) is 52.2 Å². The van der Waals surface area contributed by atoms with Crippen molar-refractivity contribution in [3.05, 3.63) is 52.6 Å². The van der Waals surface area contributed by atoms with E-state index >= 15 is 0 Å². The van der Waals surface area contributed by atoms with Gasteiger partial charge in [0.05, 0.1) is 0 Å². The molecular formula is C13H13BrN2O2S. The third kappa shape index (κ3) is 3.33. The van der Waals surface area contributed by atoms with E-state index in [1.807, 2.05) is 13.0 Å². The molecule has 2 rings (SSSR count). The minimum atomic E-state index is -3.63. The lowest BCUT2D eigenvalue weighted by Gasteiger charge is -2.09. The summed E-state index contributed by atoms with van der Waals surface area (Å²) in [6.07, 6.45) is 2.42. The molecular weight excluding hydrogens is 328 g/mol. The number of pyridine rings is 1. The second-order valence-corrected chi connectivity index (χ2v) is 6.44. The van der Waals surface area contributed by atoms with Crippen LogP contribution in [0.25, 0.3) is 0 Å². The SMILES string of the molecule is CCc1ccnc(NS(=O)(=O)c2ccccc2Br)c1. The Morgan fingerprint density at radius 1 is 1.26 bits per heavy atom. The van der Waals surface area contributed by atoms with Crippen LogP contribution in [-0.4, -0.2) is 13.4 Å². The van der Waals surface area contributed by atoms with E-state index in [-0.39, 0.29) is 4.90 Å². The number of aryl methyl sites for hydroxylation is 1. The first-order valence-corrected chi connectivity index (χ1v) is 8.03. The van der Waals surface area contributed by atoms with Crippen molar-refractivity contribution in [3.63, 3.8) is 0 Å². The number of hydrogen-bond acceptors (Lipinski definition) is 3. The van der Waals surface area contributed by atoms with Crippen molar-refractivity contribution in [1.29, 1.82) is 0 Å². The zero-order valence-corrected chi connectivity index (χ0v) is 12.7. The average molecular weight is 341 g/mol. The highest BCUT2D eigenvalue weighted by atomic mass is 79.9. The van der Waals surface area contributed by atoms with Crippen molar-refractivity contribution in [2.75, 3.05) is 4.72 Å². The summed E-state index contributed by atoms with van der Waals surface area (Å²) >= 11 is 3.23. The largest absolute Gasteiger partial charge is 0.264 e. The van der Waals surface area contributed by atoms with Crippen molar-refractivity contribution in [1.82, 2.24) is 4.98 Å². The molecule has 100 valence electrons. The van der Waals surface area contributed by atoms with Gasteiger partial charge in [-0.25, -0.2) is 13.4 Å². The van der Waals surface area contributed by atoms with Crippen LogP contribution in [0.2, 0.25) is 0 Å². The van der Waals surface area contributed by atoms with Gasteiger partial charge in [-0.2, -0.15) is 0 Å².